The Morgan fingerprint density at radius 1 is 0.750 bits per heavy atom. The number of aromatic hydroxyl groups is 1. The van der Waals surface area contributed by atoms with Gasteiger partial charge in [-0.15, -0.1) is 0 Å². The van der Waals surface area contributed by atoms with Crippen molar-refractivity contribution in [3.8, 4) is 5.75 Å². The fourth-order valence-corrected chi connectivity index (χ4v) is 2.89. The highest BCUT2D eigenvalue weighted by atomic mass is 16.3. The monoisotopic (exact) mass is 325 g/mol. The SMILES string of the molecule is CC(C)(C)c1cc(CNCc2ccccc2)cc(C(C)(C)C)c1O. The van der Waals surface area contributed by atoms with Crippen molar-refractivity contribution in [3.05, 3.63) is 64.7 Å². The van der Waals surface area contributed by atoms with E-state index >= 15 is 0 Å². The molecule has 0 radical (unpaired) electrons. The fourth-order valence-electron chi connectivity index (χ4n) is 2.89. The van der Waals surface area contributed by atoms with Gasteiger partial charge in [0.05, 0.1) is 0 Å². The van der Waals surface area contributed by atoms with Gasteiger partial charge >= 0.3 is 0 Å². The van der Waals surface area contributed by atoms with Gasteiger partial charge in [-0.25, -0.2) is 0 Å². The number of benzene rings is 2. The Balaban J connectivity index is 2.26. The molecule has 0 aliphatic carbocycles. The van der Waals surface area contributed by atoms with Gasteiger partial charge in [-0.1, -0.05) is 84.0 Å². The molecule has 2 heteroatoms. The Kier molecular flexibility index (Phi) is 5.39. The van der Waals surface area contributed by atoms with Crippen LogP contribution in [0.4, 0.5) is 0 Å². The van der Waals surface area contributed by atoms with Crippen LogP contribution >= 0.6 is 0 Å². The van der Waals surface area contributed by atoms with Crippen LogP contribution in [-0.2, 0) is 23.9 Å². The molecule has 0 fully saturated rings. The average molecular weight is 325 g/mol. The van der Waals surface area contributed by atoms with Gasteiger partial charge in [0, 0.05) is 13.1 Å². The maximum atomic E-state index is 10.8. The summed E-state index contributed by atoms with van der Waals surface area (Å²) in [5.41, 5.74) is 4.37. The molecule has 0 unspecified atom stereocenters. The lowest BCUT2D eigenvalue weighted by Crippen LogP contribution is -2.19. The minimum atomic E-state index is -0.0838. The quantitative estimate of drug-likeness (QED) is 0.802. The third-order valence-corrected chi connectivity index (χ3v) is 4.29. The third-order valence-electron chi connectivity index (χ3n) is 4.29. The largest absolute Gasteiger partial charge is 0.507 e. The number of phenolic OH excluding ortho intramolecular Hbond substituents is 1. The van der Waals surface area contributed by atoms with Crippen LogP contribution in [0.1, 0.15) is 63.8 Å². The maximum absolute atomic E-state index is 10.8. The molecule has 24 heavy (non-hydrogen) atoms. The van der Waals surface area contributed by atoms with E-state index < -0.39 is 0 Å². The standard InChI is InChI=1S/C22H31NO/c1-21(2,3)18-12-17(13-19(20(18)24)22(4,5)6)15-23-14-16-10-8-7-9-11-16/h7-13,23-24H,14-15H2,1-6H3. The molecule has 0 amide bonds. The van der Waals surface area contributed by atoms with Crippen LogP contribution in [0.3, 0.4) is 0 Å². The molecule has 0 saturated carbocycles. The van der Waals surface area contributed by atoms with Gasteiger partial charge in [0.15, 0.2) is 0 Å². The van der Waals surface area contributed by atoms with Crippen molar-refractivity contribution in [3.63, 3.8) is 0 Å². The van der Waals surface area contributed by atoms with E-state index in [1.807, 2.05) is 6.07 Å². The highest BCUT2D eigenvalue weighted by molar-refractivity contribution is 5.49. The number of hydrogen-bond acceptors (Lipinski definition) is 2. The molecular weight excluding hydrogens is 294 g/mol. The summed E-state index contributed by atoms with van der Waals surface area (Å²) in [4.78, 5) is 0. The molecule has 2 rings (SSSR count). The van der Waals surface area contributed by atoms with Crippen LogP contribution in [0.25, 0.3) is 0 Å². The molecule has 0 aromatic heterocycles. The smallest absolute Gasteiger partial charge is 0.123 e. The molecular formula is C22H31NO. The lowest BCUT2D eigenvalue weighted by Gasteiger charge is -2.28. The molecule has 0 saturated heterocycles. The van der Waals surface area contributed by atoms with Crippen molar-refractivity contribution >= 4 is 0 Å². The first-order chi connectivity index (χ1) is 11.1. The van der Waals surface area contributed by atoms with Gasteiger partial charge < -0.3 is 10.4 Å². The zero-order valence-corrected chi connectivity index (χ0v) is 15.9. The normalized spacial score (nSPS) is 12.4. The predicted octanol–water partition coefficient (Wildman–Crippen LogP) is 5.28. The number of rotatable bonds is 4. The Hall–Kier alpha value is -1.80. The van der Waals surface area contributed by atoms with Gasteiger partial charge in [-0.05, 0) is 33.1 Å². The van der Waals surface area contributed by atoms with E-state index in [1.54, 1.807) is 0 Å². The summed E-state index contributed by atoms with van der Waals surface area (Å²) in [6.45, 7) is 14.5. The van der Waals surface area contributed by atoms with Crippen molar-refractivity contribution in [2.45, 2.75) is 65.5 Å². The Morgan fingerprint density at radius 2 is 1.21 bits per heavy atom. The van der Waals surface area contributed by atoms with Gasteiger partial charge in [0.25, 0.3) is 0 Å². The number of phenols is 1. The second kappa shape index (κ2) is 6.98. The van der Waals surface area contributed by atoms with E-state index in [2.05, 4.69) is 83.3 Å². The van der Waals surface area contributed by atoms with E-state index in [-0.39, 0.29) is 10.8 Å². The maximum Gasteiger partial charge on any atom is 0.123 e. The van der Waals surface area contributed by atoms with Gasteiger partial charge in [-0.3, -0.25) is 0 Å². The van der Waals surface area contributed by atoms with Crippen molar-refractivity contribution in [2.24, 2.45) is 0 Å². The third kappa shape index (κ3) is 4.61. The minimum absolute atomic E-state index is 0.0838. The van der Waals surface area contributed by atoms with E-state index in [9.17, 15) is 5.11 Å². The van der Waals surface area contributed by atoms with Crippen LogP contribution < -0.4 is 5.32 Å². The van der Waals surface area contributed by atoms with Crippen LogP contribution in [0.15, 0.2) is 42.5 Å². The molecule has 0 heterocycles. The molecule has 2 aromatic carbocycles. The van der Waals surface area contributed by atoms with Gasteiger partial charge in [0.2, 0.25) is 0 Å². The Morgan fingerprint density at radius 3 is 1.67 bits per heavy atom. The summed E-state index contributed by atoms with van der Waals surface area (Å²) >= 11 is 0. The highest BCUT2D eigenvalue weighted by Crippen LogP contribution is 2.39. The average Bonchev–Trinajstić information content (AvgIpc) is 2.47. The molecule has 0 aliphatic heterocycles. The first-order valence-electron chi connectivity index (χ1n) is 8.70. The summed E-state index contributed by atoms with van der Waals surface area (Å²) in [6, 6.07) is 14.7. The summed E-state index contributed by atoms with van der Waals surface area (Å²) in [6.07, 6.45) is 0. The Labute approximate surface area is 146 Å². The molecule has 2 nitrogen and oxygen atoms in total. The second-order valence-corrected chi connectivity index (χ2v) is 8.63. The van der Waals surface area contributed by atoms with Crippen LogP contribution in [0, 0.1) is 0 Å². The van der Waals surface area contributed by atoms with E-state index in [1.165, 1.54) is 11.1 Å². The summed E-state index contributed by atoms with van der Waals surface area (Å²) in [5.74, 6) is 0.446. The van der Waals surface area contributed by atoms with Crippen LogP contribution in [-0.4, -0.2) is 5.11 Å². The predicted molar refractivity (Wildman–Crippen MR) is 102 cm³/mol. The summed E-state index contributed by atoms with van der Waals surface area (Å²) in [7, 11) is 0. The molecule has 0 bridgehead atoms. The van der Waals surface area contributed by atoms with Gasteiger partial charge in [0.1, 0.15) is 5.75 Å². The van der Waals surface area contributed by atoms with E-state index in [4.69, 9.17) is 0 Å². The lowest BCUT2D eigenvalue weighted by molar-refractivity contribution is 0.422. The Bertz CT molecular complexity index is 640. The zero-order valence-electron chi connectivity index (χ0n) is 15.9. The molecule has 0 spiro atoms. The number of nitrogens with one attached hydrogen (secondary N) is 1. The topological polar surface area (TPSA) is 32.3 Å². The first-order valence-corrected chi connectivity index (χ1v) is 8.70. The second-order valence-electron chi connectivity index (χ2n) is 8.63. The summed E-state index contributed by atoms with van der Waals surface area (Å²) in [5, 5.41) is 14.3. The minimum Gasteiger partial charge on any atom is -0.507 e. The number of hydrogen-bond donors (Lipinski definition) is 2. The fraction of sp³-hybridized carbons (Fsp3) is 0.455. The van der Waals surface area contributed by atoms with Crippen LogP contribution in [0.2, 0.25) is 0 Å². The summed E-state index contributed by atoms with van der Waals surface area (Å²) < 4.78 is 0. The first kappa shape index (κ1) is 18.5. The van der Waals surface area contributed by atoms with Gasteiger partial charge in [-0.2, -0.15) is 0 Å². The van der Waals surface area contributed by atoms with Crippen LogP contribution in [0.5, 0.6) is 5.75 Å². The molecule has 0 aliphatic rings. The molecule has 130 valence electrons. The molecule has 0 atom stereocenters. The molecule has 2 N–H and O–H groups in total. The van der Waals surface area contributed by atoms with E-state index in [0.29, 0.717) is 5.75 Å². The lowest BCUT2D eigenvalue weighted by atomic mass is 9.78. The highest BCUT2D eigenvalue weighted by Gasteiger charge is 2.26. The van der Waals surface area contributed by atoms with E-state index in [0.717, 1.165) is 24.2 Å². The van der Waals surface area contributed by atoms with Crippen molar-refractivity contribution in [1.82, 2.24) is 5.32 Å². The van der Waals surface area contributed by atoms with Crippen molar-refractivity contribution in [2.75, 3.05) is 0 Å². The van der Waals surface area contributed by atoms with Crippen molar-refractivity contribution < 1.29 is 5.11 Å². The molecule has 2 aromatic rings. The zero-order chi connectivity index (χ0) is 18.0. The van der Waals surface area contributed by atoms with Crippen molar-refractivity contribution in [1.29, 1.82) is 0 Å².